The zero-order valence-corrected chi connectivity index (χ0v) is 16.6. The Kier molecular flexibility index (Phi) is 13.0. The smallest absolute Gasteiger partial charge is 0.123 e. The number of ether oxygens (including phenoxy) is 1. The second-order valence-corrected chi connectivity index (χ2v) is 6.63. The van der Waals surface area contributed by atoms with E-state index < -0.39 is 0 Å². The van der Waals surface area contributed by atoms with E-state index in [0.29, 0.717) is 6.42 Å². The molecule has 0 fully saturated rings. The van der Waals surface area contributed by atoms with Gasteiger partial charge in [0.05, 0.1) is 6.61 Å². The molecule has 0 aliphatic carbocycles. The first kappa shape index (κ1) is 22.7. The minimum atomic E-state index is -0.235. The van der Waals surface area contributed by atoms with Crippen LogP contribution in [0.5, 0.6) is 0 Å². The lowest BCUT2D eigenvalue weighted by atomic mass is 10.2. The van der Waals surface area contributed by atoms with Gasteiger partial charge in [-0.15, -0.1) is 0 Å². The minimum absolute atomic E-state index is 0.117. The van der Waals surface area contributed by atoms with Crippen molar-refractivity contribution in [2.24, 2.45) is 0 Å². The molecule has 5 heteroatoms. The zero-order chi connectivity index (χ0) is 19.0. The molecule has 0 amide bonds. The maximum atomic E-state index is 12.6. The van der Waals surface area contributed by atoms with Crippen LogP contribution in [0.3, 0.4) is 0 Å². The van der Waals surface area contributed by atoms with Crippen LogP contribution in [0.25, 0.3) is 0 Å². The highest BCUT2D eigenvalue weighted by atomic mass is 79.9. The highest BCUT2D eigenvalue weighted by molar-refractivity contribution is 9.09. The first-order chi connectivity index (χ1) is 12.7. The van der Waals surface area contributed by atoms with Crippen LogP contribution in [0.1, 0.15) is 30.4 Å². The number of aliphatic hydroxyl groups is 1. The van der Waals surface area contributed by atoms with Gasteiger partial charge in [0.15, 0.2) is 0 Å². The molecule has 0 spiro atoms. The molecule has 0 aromatic heterocycles. The Bertz CT molecular complexity index is 574. The van der Waals surface area contributed by atoms with Crippen molar-refractivity contribution in [3.63, 3.8) is 0 Å². The maximum absolute atomic E-state index is 12.6. The number of halogens is 3. The van der Waals surface area contributed by atoms with E-state index >= 15 is 0 Å². The normalized spacial score (nSPS) is 10.3. The quantitative estimate of drug-likeness (QED) is 0.410. The lowest BCUT2D eigenvalue weighted by Crippen LogP contribution is -2.00. The molecular formula is C21H27BrF2O2. The monoisotopic (exact) mass is 428 g/mol. The third-order valence-corrected chi connectivity index (χ3v) is 4.25. The predicted octanol–water partition coefficient (Wildman–Crippen LogP) is 5.31. The van der Waals surface area contributed by atoms with Crippen molar-refractivity contribution in [1.82, 2.24) is 0 Å². The minimum Gasteiger partial charge on any atom is -0.396 e. The molecule has 1 N–H and O–H groups in total. The molecule has 0 atom stereocenters. The van der Waals surface area contributed by atoms with Gasteiger partial charge in [-0.3, -0.25) is 0 Å². The number of hydrogen-bond acceptors (Lipinski definition) is 2. The van der Waals surface area contributed by atoms with Crippen LogP contribution in [0.4, 0.5) is 8.78 Å². The Morgan fingerprint density at radius 3 is 1.77 bits per heavy atom. The van der Waals surface area contributed by atoms with Crippen molar-refractivity contribution in [1.29, 1.82) is 0 Å². The van der Waals surface area contributed by atoms with Gasteiger partial charge in [0.1, 0.15) is 11.6 Å². The summed E-state index contributed by atoms with van der Waals surface area (Å²) < 4.78 is 30.4. The van der Waals surface area contributed by atoms with Crippen LogP contribution in [-0.2, 0) is 17.6 Å². The Balaban J connectivity index is 0.000000289. The molecule has 0 unspecified atom stereocenters. The van der Waals surface area contributed by atoms with E-state index in [9.17, 15) is 8.78 Å². The van der Waals surface area contributed by atoms with Gasteiger partial charge in [-0.2, -0.15) is 0 Å². The topological polar surface area (TPSA) is 29.5 Å². The van der Waals surface area contributed by atoms with E-state index in [1.807, 2.05) is 12.1 Å². The van der Waals surface area contributed by atoms with Crippen LogP contribution in [0, 0.1) is 11.6 Å². The molecule has 0 aliphatic heterocycles. The summed E-state index contributed by atoms with van der Waals surface area (Å²) in [5.41, 5.74) is 2.09. The number of aliphatic hydroxyl groups excluding tert-OH is 1. The summed E-state index contributed by atoms with van der Waals surface area (Å²) in [6.07, 6.45) is 5.00. The van der Waals surface area contributed by atoms with E-state index in [4.69, 9.17) is 9.84 Å². The molecule has 0 radical (unpaired) electrons. The molecule has 26 heavy (non-hydrogen) atoms. The van der Waals surface area contributed by atoms with E-state index in [1.54, 1.807) is 12.1 Å². The average molecular weight is 429 g/mol. The summed E-state index contributed by atoms with van der Waals surface area (Å²) in [6, 6.07) is 12.7. The summed E-state index contributed by atoms with van der Waals surface area (Å²) in [4.78, 5) is 0. The first-order valence-electron chi connectivity index (χ1n) is 8.89. The highest BCUT2D eigenvalue weighted by Crippen LogP contribution is 2.04. The maximum Gasteiger partial charge on any atom is 0.123 e. The fourth-order valence-electron chi connectivity index (χ4n) is 2.20. The molecule has 2 nitrogen and oxygen atoms in total. The van der Waals surface area contributed by atoms with E-state index in [-0.39, 0.29) is 18.2 Å². The fraction of sp³-hybridized carbons (Fsp3) is 0.429. The van der Waals surface area contributed by atoms with Crippen molar-refractivity contribution >= 4 is 15.9 Å². The Labute approximate surface area is 163 Å². The van der Waals surface area contributed by atoms with Crippen molar-refractivity contribution in [2.75, 3.05) is 25.2 Å². The molecule has 0 saturated carbocycles. The number of hydrogen-bond donors (Lipinski definition) is 1. The predicted molar refractivity (Wildman–Crippen MR) is 106 cm³/mol. The summed E-state index contributed by atoms with van der Waals surface area (Å²) in [7, 11) is 0. The first-order valence-corrected chi connectivity index (χ1v) is 10.0. The molecule has 144 valence electrons. The molecule has 0 aliphatic rings. The van der Waals surface area contributed by atoms with Gasteiger partial charge in [-0.05, 0) is 61.1 Å². The van der Waals surface area contributed by atoms with Crippen molar-refractivity contribution in [3.05, 3.63) is 71.3 Å². The van der Waals surface area contributed by atoms with Crippen LogP contribution in [-0.4, -0.2) is 30.3 Å². The SMILES string of the molecule is Fc1ccc(CCOCCCCCBr)cc1.OCCc1ccc(F)cc1. The summed E-state index contributed by atoms with van der Waals surface area (Å²) in [5, 5.41) is 9.57. The largest absolute Gasteiger partial charge is 0.396 e. The van der Waals surface area contributed by atoms with E-state index in [2.05, 4.69) is 15.9 Å². The third kappa shape index (κ3) is 11.3. The number of unbranched alkanes of at least 4 members (excludes halogenated alkanes) is 2. The molecule has 0 bridgehead atoms. The third-order valence-electron chi connectivity index (χ3n) is 3.68. The highest BCUT2D eigenvalue weighted by Gasteiger charge is 1.95. The van der Waals surface area contributed by atoms with Crippen LogP contribution >= 0.6 is 15.9 Å². The zero-order valence-electron chi connectivity index (χ0n) is 15.0. The van der Waals surface area contributed by atoms with Gasteiger partial charge in [0.25, 0.3) is 0 Å². The van der Waals surface area contributed by atoms with Gasteiger partial charge in [-0.1, -0.05) is 46.6 Å². The van der Waals surface area contributed by atoms with Crippen molar-refractivity contribution in [3.8, 4) is 0 Å². The standard InChI is InChI=1S/C13H18BrFO.C8H9FO/c14-9-2-1-3-10-16-11-8-12-4-6-13(15)7-5-12;9-8-3-1-7(2-4-8)5-6-10/h4-7H,1-3,8-11H2;1-4,10H,5-6H2. The number of benzene rings is 2. The Hall–Kier alpha value is -1.30. The van der Waals surface area contributed by atoms with Crippen LogP contribution in [0.15, 0.2) is 48.5 Å². The summed E-state index contributed by atoms with van der Waals surface area (Å²) >= 11 is 3.40. The Morgan fingerprint density at radius 1 is 0.731 bits per heavy atom. The fourth-order valence-corrected chi connectivity index (χ4v) is 2.60. The number of rotatable bonds is 10. The van der Waals surface area contributed by atoms with Crippen LogP contribution < -0.4 is 0 Å². The lowest BCUT2D eigenvalue weighted by Gasteiger charge is -2.04. The molecular weight excluding hydrogens is 402 g/mol. The van der Waals surface area contributed by atoms with E-state index in [0.717, 1.165) is 42.5 Å². The molecule has 2 aromatic rings. The van der Waals surface area contributed by atoms with Gasteiger partial charge in [0.2, 0.25) is 0 Å². The average Bonchev–Trinajstić information content (AvgIpc) is 2.65. The van der Waals surface area contributed by atoms with Gasteiger partial charge in [-0.25, -0.2) is 8.78 Å². The Morgan fingerprint density at radius 2 is 1.27 bits per heavy atom. The molecule has 0 heterocycles. The van der Waals surface area contributed by atoms with Gasteiger partial charge < -0.3 is 9.84 Å². The number of alkyl halides is 1. The summed E-state index contributed by atoms with van der Waals surface area (Å²) in [6.45, 7) is 1.67. The molecule has 0 saturated heterocycles. The van der Waals surface area contributed by atoms with Crippen LogP contribution in [0.2, 0.25) is 0 Å². The summed E-state index contributed by atoms with van der Waals surface area (Å²) in [5.74, 6) is -0.416. The second kappa shape index (κ2) is 14.8. The van der Waals surface area contributed by atoms with E-state index in [1.165, 1.54) is 37.1 Å². The molecule has 2 rings (SSSR count). The molecule has 2 aromatic carbocycles. The van der Waals surface area contributed by atoms with Crippen molar-refractivity contribution in [2.45, 2.75) is 32.1 Å². The second-order valence-electron chi connectivity index (χ2n) is 5.84. The van der Waals surface area contributed by atoms with Gasteiger partial charge >= 0.3 is 0 Å². The van der Waals surface area contributed by atoms with Gasteiger partial charge in [0, 0.05) is 18.5 Å². The van der Waals surface area contributed by atoms with Crippen molar-refractivity contribution < 1.29 is 18.6 Å². The lowest BCUT2D eigenvalue weighted by molar-refractivity contribution is 0.133.